The van der Waals surface area contributed by atoms with Crippen LogP contribution in [0.4, 0.5) is 39.8 Å². The number of benzene rings is 8. The first-order chi connectivity index (χ1) is 31.4. The lowest BCUT2D eigenvalue weighted by Crippen LogP contribution is -2.29. The third-order valence-electron chi connectivity index (χ3n) is 10.9. The standard InChI is InChI=1S/C50H33Cl2N7O6/c1-26-22-30(51)14-20-39(26)53-47(62)37-24-28-8-3-5-10-34(28)43(45(37)60)57-55-32-16-18-33(19-17-32)59-49(64)36-12-7-13-41(42(36)50(59)65)56-58-44-35-11-6-4-9-29(35)25-38(46(44)61)48(63)54-40-21-15-31(52)23-27(40)2/h3-25,60-61H,1-2H3,(H,53,62)(H,54,63). The van der Waals surface area contributed by atoms with Gasteiger partial charge in [0.15, 0.2) is 11.5 Å². The molecule has 4 N–H and O–H groups in total. The number of carbonyl (C=O) groups excluding carboxylic acids is 4. The zero-order valence-corrected chi connectivity index (χ0v) is 35.8. The number of imide groups is 1. The Hall–Kier alpha value is -8.26. The van der Waals surface area contributed by atoms with E-state index in [2.05, 4.69) is 31.1 Å². The second-order valence-corrected chi connectivity index (χ2v) is 15.9. The molecule has 0 spiro atoms. The summed E-state index contributed by atoms with van der Waals surface area (Å²) in [5.41, 5.74) is 3.19. The van der Waals surface area contributed by atoms with Crippen molar-refractivity contribution in [2.75, 3.05) is 15.5 Å². The van der Waals surface area contributed by atoms with E-state index in [1.807, 2.05) is 0 Å². The Bertz CT molecular complexity index is 3390. The number of nitrogens with one attached hydrogen (secondary N) is 2. The molecule has 65 heavy (non-hydrogen) atoms. The van der Waals surface area contributed by atoms with Gasteiger partial charge in [0, 0.05) is 32.2 Å². The number of nitrogens with zero attached hydrogens (tertiary/aromatic N) is 5. The SMILES string of the molecule is Cc1cc(Cl)ccc1NC(=O)c1cc2ccccc2c(N=Nc2ccc(N3C(=O)c4cccc(N=Nc5c(O)c(C(=O)Nc6ccc(Cl)cc6C)cc6ccccc56)c4C3=O)cc2)c1O. The predicted octanol–water partition coefficient (Wildman–Crippen LogP) is 13.5. The van der Waals surface area contributed by atoms with E-state index in [4.69, 9.17) is 23.2 Å². The van der Waals surface area contributed by atoms with Crippen molar-refractivity contribution in [3.05, 3.63) is 183 Å². The summed E-state index contributed by atoms with van der Waals surface area (Å²) in [6.07, 6.45) is 0. The first-order valence-electron chi connectivity index (χ1n) is 20.0. The van der Waals surface area contributed by atoms with Crippen molar-refractivity contribution in [3.63, 3.8) is 0 Å². The Balaban J connectivity index is 0.980. The van der Waals surface area contributed by atoms with Crippen molar-refractivity contribution < 1.29 is 29.4 Å². The maximum Gasteiger partial charge on any atom is 0.268 e. The van der Waals surface area contributed by atoms with E-state index < -0.39 is 29.4 Å². The van der Waals surface area contributed by atoms with Gasteiger partial charge >= 0.3 is 0 Å². The lowest BCUT2D eigenvalue weighted by Gasteiger charge is -2.14. The molecule has 0 unspecified atom stereocenters. The molecule has 4 amide bonds. The van der Waals surface area contributed by atoms with Gasteiger partial charge in [0.25, 0.3) is 23.6 Å². The minimum absolute atomic E-state index is 0.00147. The highest BCUT2D eigenvalue weighted by Crippen LogP contribution is 2.43. The summed E-state index contributed by atoms with van der Waals surface area (Å²) in [5, 5.41) is 49.2. The second-order valence-electron chi connectivity index (χ2n) is 15.1. The molecule has 1 aliphatic rings. The van der Waals surface area contributed by atoms with Crippen molar-refractivity contribution in [2.45, 2.75) is 13.8 Å². The van der Waals surface area contributed by atoms with Crippen LogP contribution < -0.4 is 15.5 Å². The monoisotopic (exact) mass is 897 g/mol. The molecule has 0 atom stereocenters. The van der Waals surface area contributed by atoms with Gasteiger partial charge in [-0.25, -0.2) is 4.90 Å². The second kappa shape index (κ2) is 17.1. The Labute approximate surface area is 380 Å². The van der Waals surface area contributed by atoms with Crippen LogP contribution in [0.15, 0.2) is 160 Å². The third-order valence-corrected chi connectivity index (χ3v) is 11.3. The molecular formula is C50H33Cl2N7O6. The highest BCUT2D eigenvalue weighted by molar-refractivity contribution is 6.36. The number of phenolic OH excluding ortho intramolecular Hbond substituents is 2. The van der Waals surface area contributed by atoms with Gasteiger partial charge in [-0.3, -0.25) is 19.2 Å². The van der Waals surface area contributed by atoms with Gasteiger partial charge in [-0.15, -0.1) is 15.3 Å². The van der Waals surface area contributed by atoms with Gasteiger partial charge in [0.2, 0.25) is 0 Å². The summed E-state index contributed by atoms with van der Waals surface area (Å²) in [6.45, 7) is 3.60. The van der Waals surface area contributed by atoms with Gasteiger partial charge in [0.05, 0.1) is 39.3 Å². The van der Waals surface area contributed by atoms with Crippen LogP contribution >= 0.6 is 23.2 Å². The van der Waals surface area contributed by atoms with Crippen LogP contribution in [0.3, 0.4) is 0 Å². The first-order valence-corrected chi connectivity index (χ1v) is 20.7. The van der Waals surface area contributed by atoms with Crippen LogP contribution in [0.2, 0.25) is 10.0 Å². The van der Waals surface area contributed by atoms with Crippen molar-refractivity contribution >= 4 is 108 Å². The summed E-state index contributed by atoms with van der Waals surface area (Å²) < 4.78 is 0. The maximum absolute atomic E-state index is 14.1. The van der Waals surface area contributed by atoms with Gasteiger partial charge < -0.3 is 20.8 Å². The summed E-state index contributed by atoms with van der Waals surface area (Å²) in [5.74, 6) is -3.22. The summed E-state index contributed by atoms with van der Waals surface area (Å²) >= 11 is 12.2. The Kier molecular flexibility index (Phi) is 11.1. The highest BCUT2D eigenvalue weighted by atomic mass is 35.5. The van der Waals surface area contributed by atoms with Crippen molar-refractivity contribution in [1.29, 1.82) is 0 Å². The van der Waals surface area contributed by atoms with Gasteiger partial charge in [-0.2, -0.15) is 5.11 Å². The topological polar surface area (TPSA) is 185 Å². The molecule has 13 nitrogen and oxygen atoms in total. The van der Waals surface area contributed by atoms with E-state index in [1.54, 1.807) is 129 Å². The number of azo groups is 2. The molecule has 9 rings (SSSR count). The van der Waals surface area contributed by atoms with Gasteiger partial charge in [-0.05, 0) is 121 Å². The molecule has 0 radical (unpaired) electrons. The molecule has 0 fully saturated rings. The maximum atomic E-state index is 14.1. The normalized spacial score (nSPS) is 12.5. The van der Waals surface area contributed by atoms with Crippen LogP contribution in [0, 0.1) is 13.8 Å². The average molecular weight is 899 g/mol. The summed E-state index contributed by atoms with van der Waals surface area (Å²) in [7, 11) is 0. The zero-order chi connectivity index (χ0) is 45.5. The first kappa shape index (κ1) is 42.1. The number of aromatic hydroxyl groups is 2. The Morgan fingerprint density at radius 2 is 1.06 bits per heavy atom. The Morgan fingerprint density at radius 1 is 0.554 bits per heavy atom. The van der Waals surface area contributed by atoms with Crippen molar-refractivity contribution in [3.8, 4) is 11.5 Å². The fourth-order valence-electron chi connectivity index (χ4n) is 7.56. The molecule has 8 aromatic rings. The molecule has 15 heteroatoms. The van der Waals surface area contributed by atoms with Crippen LogP contribution in [0.1, 0.15) is 52.6 Å². The minimum atomic E-state index is -0.658. The third kappa shape index (κ3) is 8.01. The zero-order valence-electron chi connectivity index (χ0n) is 34.3. The molecule has 318 valence electrons. The van der Waals surface area contributed by atoms with Crippen LogP contribution in [-0.4, -0.2) is 33.8 Å². The van der Waals surface area contributed by atoms with Crippen molar-refractivity contribution in [2.24, 2.45) is 20.5 Å². The highest BCUT2D eigenvalue weighted by Gasteiger charge is 2.39. The molecular weight excluding hydrogens is 865 g/mol. The number of anilines is 3. The number of amides is 4. The fourth-order valence-corrected chi connectivity index (χ4v) is 8.02. The summed E-state index contributed by atoms with van der Waals surface area (Å²) in [6, 6.07) is 38.1. The van der Waals surface area contributed by atoms with E-state index in [1.165, 1.54) is 24.3 Å². The molecule has 1 heterocycles. The molecule has 0 saturated carbocycles. The molecule has 0 aliphatic carbocycles. The number of fused-ring (bicyclic) bond motifs is 3. The lowest BCUT2D eigenvalue weighted by atomic mass is 10.0. The van der Waals surface area contributed by atoms with E-state index in [0.29, 0.717) is 48.7 Å². The van der Waals surface area contributed by atoms with Crippen LogP contribution in [0.25, 0.3) is 21.5 Å². The van der Waals surface area contributed by atoms with Gasteiger partial charge in [-0.1, -0.05) is 77.8 Å². The summed E-state index contributed by atoms with van der Waals surface area (Å²) in [4.78, 5) is 55.9. The number of rotatable bonds is 9. The number of aryl methyl sites for hydroxylation is 2. The van der Waals surface area contributed by atoms with E-state index in [-0.39, 0.29) is 50.8 Å². The van der Waals surface area contributed by atoms with E-state index in [9.17, 15) is 29.4 Å². The number of carbonyl (C=O) groups is 4. The minimum Gasteiger partial charge on any atom is -0.505 e. The van der Waals surface area contributed by atoms with E-state index >= 15 is 0 Å². The molecule has 0 bridgehead atoms. The van der Waals surface area contributed by atoms with Crippen molar-refractivity contribution in [1.82, 2.24) is 0 Å². The lowest BCUT2D eigenvalue weighted by molar-refractivity contribution is 0.0923. The smallest absolute Gasteiger partial charge is 0.268 e. The number of phenols is 2. The average Bonchev–Trinajstić information content (AvgIpc) is 3.56. The fraction of sp³-hybridized carbons (Fsp3) is 0.0400. The molecule has 0 saturated heterocycles. The largest absolute Gasteiger partial charge is 0.505 e. The van der Waals surface area contributed by atoms with Crippen LogP contribution in [0.5, 0.6) is 11.5 Å². The number of hydrogen-bond donors (Lipinski definition) is 4. The Morgan fingerprint density at radius 3 is 1.58 bits per heavy atom. The number of halogens is 2. The van der Waals surface area contributed by atoms with Gasteiger partial charge in [0.1, 0.15) is 11.4 Å². The van der Waals surface area contributed by atoms with Crippen LogP contribution in [-0.2, 0) is 0 Å². The number of hydrogen-bond acceptors (Lipinski definition) is 10. The predicted molar refractivity (Wildman–Crippen MR) is 252 cm³/mol. The van der Waals surface area contributed by atoms with E-state index in [0.717, 1.165) is 16.0 Å². The molecule has 8 aromatic carbocycles. The molecule has 1 aliphatic heterocycles. The molecule has 0 aromatic heterocycles. The quantitative estimate of drug-likeness (QED) is 0.0824.